The highest BCUT2D eigenvalue weighted by molar-refractivity contribution is 5.63. The van der Waals surface area contributed by atoms with E-state index in [0.717, 1.165) is 0 Å². The van der Waals surface area contributed by atoms with Gasteiger partial charge in [-0.2, -0.15) is 0 Å². The normalized spacial score (nSPS) is 16.1. The van der Waals surface area contributed by atoms with Crippen molar-refractivity contribution in [3.63, 3.8) is 0 Å². The fourth-order valence-corrected chi connectivity index (χ4v) is 0.767. The third-order valence-corrected chi connectivity index (χ3v) is 1.54. The zero-order chi connectivity index (χ0) is 6.15. The molecule has 0 heteroatoms. The molecule has 1 aliphatic rings. The van der Waals surface area contributed by atoms with Crippen LogP contribution >= 0.6 is 0 Å². The summed E-state index contributed by atoms with van der Waals surface area (Å²) < 4.78 is 0. The van der Waals surface area contributed by atoms with Crippen LogP contribution in [0.2, 0.25) is 0 Å². The Hall–Kier alpha value is -0.740. The number of hydrogen-bond donors (Lipinski definition) is 0. The Balaban J connectivity index is 2.80. The summed E-state index contributed by atoms with van der Waals surface area (Å²) in [7, 11) is 0. The average molecular weight is 106 g/mol. The first-order chi connectivity index (χ1) is 3.77. The van der Waals surface area contributed by atoms with Crippen molar-refractivity contribution >= 4 is 0 Å². The van der Waals surface area contributed by atoms with Crippen LogP contribution in [0.15, 0.2) is 28.5 Å². The van der Waals surface area contributed by atoms with Crippen molar-refractivity contribution < 1.29 is 0 Å². The summed E-state index contributed by atoms with van der Waals surface area (Å²) in [5, 5.41) is 0. The maximum Gasteiger partial charge on any atom is 0.0225 e. The highest BCUT2D eigenvalue weighted by Gasteiger charge is 2.18. The van der Waals surface area contributed by atoms with E-state index in [1.54, 1.807) is 0 Å². The first-order valence-electron chi connectivity index (χ1n) is 2.87. The molecule has 0 unspecified atom stereocenters. The van der Waals surface area contributed by atoms with Gasteiger partial charge in [-0.25, -0.2) is 0 Å². The summed E-state index contributed by atoms with van der Waals surface area (Å²) in [4.78, 5) is 0. The molecule has 8 heavy (non-hydrogen) atoms. The smallest absolute Gasteiger partial charge is 0.0225 e. The van der Waals surface area contributed by atoms with Crippen LogP contribution in [0.1, 0.15) is 20.8 Å². The maximum atomic E-state index is 3.14. The molecule has 0 aromatic carbocycles. The second-order valence-corrected chi connectivity index (χ2v) is 2.06. The summed E-state index contributed by atoms with van der Waals surface area (Å²) in [6.07, 6.45) is 1.95. The zero-order valence-corrected chi connectivity index (χ0v) is 5.58. The lowest BCUT2D eigenvalue weighted by Crippen LogP contribution is -1.46. The molecule has 0 radical (unpaired) electrons. The number of allylic oxidation sites excluding steroid dienone is 3. The van der Waals surface area contributed by atoms with Crippen molar-refractivity contribution in [2.75, 3.05) is 0 Å². The van der Waals surface area contributed by atoms with Crippen molar-refractivity contribution in [1.29, 1.82) is 0 Å². The van der Waals surface area contributed by atoms with Crippen LogP contribution in [0.25, 0.3) is 0 Å². The molecule has 0 saturated heterocycles. The topological polar surface area (TPSA) is 0 Å². The fourth-order valence-electron chi connectivity index (χ4n) is 0.767. The van der Waals surface area contributed by atoms with Crippen LogP contribution in [-0.4, -0.2) is 0 Å². The van der Waals surface area contributed by atoms with Gasteiger partial charge in [-0.05, 0) is 38.0 Å². The van der Waals surface area contributed by atoms with Crippen LogP contribution in [0, 0.1) is 0 Å². The van der Waals surface area contributed by atoms with Gasteiger partial charge in [0.25, 0.3) is 0 Å². The number of hydrogen-bond acceptors (Lipinski definition) is 0. The first kappa shape index (κ1) is 5.40. The summed E-state index contributed by atoms with van der Waals surface area (Å²) in [6, 6.07) is 0. The summed E-state index contributed by atoms with van der Waals surface area (Å²) in [5.41, 5.74) is 7.30. The van der Waals surface area contributed by atoms with E-state index in [0.29, 0.717) is 0 Å². The molecule has 0 bridgehead atoms. The van der Waals surface area contributed by atoms with E-state index in [-0.39, 0.29) is 0 Å². The summed E-state index contributed by atoms with van der Waals surface area (Å²) >= 11 is 0. The zero-order valence-electron chi connectivity index (χ0n) is 5.58. The van der Waals surface area contributed by atoms with E-state index in [4.69, 9.17) is 0 Å². The Kier molecular flexibility index (Phi) is 1.11. The maximum absolute atomic E-state index is 3.14. The van der Waals surface area contributed by atoms with Crippen molar-refractivity contribution in [3.8, 4) is 0 Å². The van der Waals surface area contributed by atoms with Gasteiger partial charge in [0.2, 0.25) is 0 Å². The molecule has 0 aromatic heterocycles. The minimum atomic E-state index is 1.33. The average Bonchev–Trinajstić information content (AvgIpc) is 2.25. The predicted octanol–water partition coefficient (Wildman–Crippen LogP) is 2.44. The molecule has 0 amide bonds. The van der Waals surface area contributed by atoms with Gasteiger partial charge < -0.3 is 0 Å². The van der Waals surface area contributed by atoms with E-state index < -0.39 is 0 Å². The lowest BCUT2D eigenvalue weighted by Gasteiger charge is -1.65. The molecule has 1 rings (SSSR count). The van der Waals surface area contributed by atoms with Gasteiger partial charge >= 0.3 is 0 Å². The molecule has 0 N–H and O–H groups in total. The van der Waals surface area contributed by atoms with Gasteiger partial charge in [0.15, 0.2) is 0 Å². The molecule has 0 nitrogen and oxygen atoms in total. The van der Waals surface area contributed by atoms with Crippen LogP contribution in [-0.2, 0) is 0 Å². The Morgan fingerprint density at radius 1 is 1.25 bits per heavy atom. The minimum absolute atomic E-state index is 1.33. The molecule has 0 heterocycles. The lowest BCUT2D eigenvalue weighted by molar-refractivity contribution is 1.64. The Morgan fingerprint density at radius 3 is 1.88 bits per heavy atom. The van der Waals surface area contributed by atoms with Crippen LogP contribution in [0.4, 0.5) is 0 Å². The van der Waals surface area contributed by atoms with Gasteiger partial charge in [-0.3, -0.25) is 0 Å². The van der Waals surface area contributed by atoms with Crippen molar-refractivity contribution in [2.24, 2.45) is 0 Å². The van der Waals surface area contributed by atoms with Gasteiger partial charge in [0.1, 0.15) is 0 Å². The van der Waals surface area contributed by atoms with Crippen LogP contribution in [0.5, 0.6) is 0 Å². The Morgan fingerprint density at radius 2 is 1.75 bits per heavy atom. The molecule has 0 saturated carbocycles. The largest absolute Gasteiger partial charge is 0.117 e. The second kappa shape index (κ2) is 1.65. The van der Waals surface area contributed by atoms with E-state index in [2.05, 4.69) is 19.6 Å². The number of rotatable bonds is 0. The third-order valence-electron chi connectivity index (χ3n) is 1.54. The predicted molar refractivity (Wildman–Crippen MR) is 35.6 cm³/mol. The second-order valence-electron chi connectivity index (χ2n) is 2.06. The molecule has 0 atom stereocenters. The van der Waals surface area contributed by atoms with E-state index in [9.17, 15) is 0 Å². The van der Waals surface area contributed by atoms with Gasteiger partial charge in [0, 0.05) is 5.57 Å². The molecule has 0 aromatic rings. The summed E-state index contributed by atoms with van der Waals surface area (Å²) in [6.45, 7) is 6.24. The first-order valence-corrected chi connectivity index (χ1v) is 2.87. The highest BCUT2D eigenvalue weighted by atomic mass is 14.2. The SMILES string of the molecule is CC=C=C1C(C)=C1C. The van der Waals surface area contributed by atoms with E-state index in [1.807, 2.05) is 13.0 Å². The summed E-state index contributed by atoms with van der Waals surface area (Å²) in [5.74, 6) is 0. The van der Waals surface area contributed by atoms with Crippen molar-refractivity contribution in [1.82, 2.24) is 0 Å². The Bertz CT molecular complexity index is 184. The van der Waals surface area contributed by atoms with E-state index in [1.165, 1.54) is 16.7 Å². The highest BCUT2D eigenvalue weighted by Crippen LogP contribution is 2.35. The Labute approximate surface area is 50.2 Å². The minimum Gasteiger partial charge on any atom is -0.117 e. The quantitative estimate of drug-likeness (QED) is 0.416. The van der Waals surface area contributed by atoms with Gasteiger partial charge in [-0.1, -0.05) is 0 Å². The monoisotopic (exact) mass is 106 g/mol. The molecule has 42 valence electrons. The van der Waals surface area contributed by atoms with Crippen LogP contribution < -0.4 is 0 Å². The van der Waals surface area contributed by atoms with Crippen molar-refractivity contribution in [2.45, 2.75) is 20.8 Å². The molecule has 1 aliphatic carbocycles. The van der Waals surface area contributed by atoms with Gasteiger partial charge in [0.05, 0.1) is 0 Å². The third kappa shape index (κ3) is 0.635. The fraction of sp³-hybridized carbons (Fsp3) is 0.375. The molecular formula is C8H10. The van der Waals surface area contributed by atoms with E-state index >= 15 is 0 Å². The molecular weight excluding hydrogens is 96.1 g/mol. The lowest BCUT2D eigenvalue weighted by atomic mass is 10.4. The molecule has 0 spiro atoms. The molecule has 0 fully saturated rings. The molecule has 0 aliphatic heterocycles. The standard InChI is InChI=1S/C8H10/c1-4-5-8-6(2)7(8)3/h4H,1-3H3. The van der Waals surface area contributed by atoms with Gasteiger partial charge in [-0.15, -0.1) is 5.73 Å². The van der Waals surface area contributed by atoms with Crippen molar-refractivity contribution in [3.05, 3.63) is 28.5 Å². The van der Waals surface area contributed by atoms with Crippen LogP contribution in [0.3, 0.4) is 0 Å².